The van der Waals surface area contributed by atoms with E-state index in [1.54, 1.807) is 0 Å². The van der Waals surface area contributed by atoms with E-state index in [9.17, 15) is 5.11 Å². The third-order valence-corrected chi connectivity index (χ3v) is 3.33. The fraction of sp³-hybridized carbons (Fsp3) is 0.600. The average molecular weight is 235 g/mol. The summed E-state index contributed by atoms with van der Waals surface area (Å²) < 4.78 is 0. The highest BCUT2D eigenvalue weighted by atomic mass is 16.3. The summed E-state index contributed by atoms with van der Waals surface area (Å²) in [6, 6.07) is 8.63. The molecule has 0 fully saturated rings. The van der Waals surface area contributed by atoms with Gasteiger partial charge >= 0.3 is 0 Å². The first-order valence-electron chi connectivity index (χ1n) is 6.21. The van der Waals surface area contributed by atoms with E-state index in [2.05, 4.69) is 45.0 Å². The van der Waals surface area contributed by atoms with Crippen molar-refractivity contribution in [3.63, 3.8) is 0 Å². The van der Waals surface area contributed by atoms with Crippen molar-refractivity contribution in [2.24, 2.45) is 11.1 Å². The monoisotopic (exact) mass is 235 g/mol. The van der Waals surface area contributed by atoms with Crippen LogP contribution in [0.1, 0.15) is 38.8 Å². The molecule has 0 heterocycles. The molecule has 0 radical (unpaired) electrons. The Balaban J connectivity index is 2.82. The molecule has 17 heavy (non-hydrogen) atoms. The van der Waals surface area contributed by atoms with E-state index in [0.29, 0.717) is 6.54 Å². The standard InChI is InChI=1S/C15H25NO/c1-14(2,3)13-7-5-12(6-8-13)9-15(4,10-16)11-17/h5-8,17H,9-11,16H2,1-4H3. The average Bonchev–Trinajstić information content (AvgIpc) is 2.28. The van der Waals surface area contributed by atoms with Crippen molar-refractivity contribution in [2.75, 3.05) is 13.2 Å². The second-order valence-electron chi connectivity index (χ2n) is 6.30. The molecule has 0 amide bonds. The van der Waals surface area contributed by atoms with Gasteiger partial charge in [0, 0.05) is 18.6 Å². The fourth-order valence-corrected chi connectivity index (χ4v) is 1.81. The summed E-state index contributed by atoms with van der Waals surface area (Å²) in [7, 11) is 0. The van der Waals surface area contributed by atoms with Crippen LogP contribution in [0.2, 0.25) is 0 Å². The van der Waals surface area contributed by atoms with E-state index in [4.69, 9.17) is 5.73 Å². The smallest absolute Gasteiger partial charge is 0.0500 e. The Morgan fingerprint density at radius 1 is 1.06 bits per heavy atom. The van der Waals surface area contributed by atoms with E-state index in [1.165, 1.54) is 11.1 Å². The highest BCUT2D eigenvalue weighted by molar-refractivity contribution is 5.28. The van der Waals surface area contributed by atoms with Crippen molar-refractivity contribution in [3.8, 4) is 0 Å². The van der Waals surface area contributed by atoms with Crippen LogP contribution < -0.4 is 5.73 Å². The molecule has 1 aromatic rings. The molecule has 0 saturated heterocycles. The molecule has 0 saturated carbocycles. The summed E-state index contributed by atoms with van der Waals surface area (Å²) in [5, 5.41) is 9.35. The van der Waals surface area contributed by atoms with Gasteiger partial charge in [0.25, 0.3) is 0 Å². The second kappa shape index (κ2) is 5.19. The first-order valence-corrected chi connectivity index (χ1v) is 6.21. The third kappa shape index (κ3) is 3.83. The van der Waals surface area contributed by atoms with Crippen molar-refractivity contribution < 1.29 is 5.11 Å². The van der Waals surface area contributed by atoms with Gasteiger partial charge in [-0.3, -0.25) is 0 Å². The number of rotatable bonds is 4. The normalized spacial score (nSPS) is 15.6. The van der Waals surface area contributed by atoms with Gasteiger partial charge in [-0.25, -0.2) is 0 Å². The maximum Gasteiger partial charge on any atom is 0.0500 e. The summed E-state index contributed by atoms with van der Waals surface area (Å²) in [6.45, 7) is 9.28. The summed E-state index contributed by atoms with van der Waals surface area (Å²) in [4.78, 5) is 0. The van der Waals surface area contributed by atoms with Crippen LogP contribution in [0.5, 0.6) is 0 Å². The molecule has 0 aliphatic carbocycles. The molecule has 1 aromatic carbocycles. The van der Waals surface area contributed by atoms with Crippen LogP contribution in [-0.4, -0.2) is 18.3 Å². The van der Waals surface area contributed by atoms with Gasteiger partial charge < -0.3 is 10.8 Å². The predicted molar refractivity (Wildman–Crippen MR) is 73.1 cm³/mol. The van der Waals surface area contributed by atoms with Crippen LogP contribution in [-0.2, 0) is 11.8 Å². The summed E-state index contributed by atoms with van der Waals surface area (Å²) in [6.07, 6.45) is 0.824. The van der Waals surface area contributed by atoms with E-state index in [1.807, 2.05) is 6.92 Å². The molecule has 0 bridgehead atoms. The molecule has 0 aliphatic heterocycles. The molecular formula is C15H25NO. The highest BCUT2D eigenvalue weighted by Gasteiger charge is 2.22. The number of aliphatic hydroxyl groups excluding tert-OH is 1. The van der Waals surface area contributed by atoms with E-state index in [0.717, 1.165) is 6.42 Å². The molecule has 0 aliphatic rings. The molecule has 1 atom stereocenters. The lowest BCUT2D eigenvalue weighted by molar-refractivity contribution is 0.149. The molecule has 3 N–H and O–H groups in total. The molecule has 96 valence electrons. The van der Waals surface area contributed by atoms with Gasteiger partial charge in [0.15, 0.2) is 0 Å². The zero-order chi connectivity index (χ0) is 13.1. The Morgan fingerprint density at radius 2 is 1.59 bits per heavy atom. The maximum absolute atomic E-state index is 9.35. The summed E-state index contributed by atoms with van der Waals surface area (Å²) in [5.74, 6) is 0. The van der Waals surface area contributed by atoms with E-state index in [-0.39, 0.29) is 17.4 Å². The zero-order valence-electron chi connectivity index (χ0n) is 11.5. The number of aliphatic hydroxyl groups is 1. The Kier molecular flexibility index (Phi) is 4.34. The minimum Gasteiger partial charge on any atom is -0.396 e. The Morgan fingerprint density at radius 3 is 1.94 bits per heavy atom. The lowest BCUT2D eigenvalue weighted by Gasteiger charge is -2.26. The van der Waals surface area contributed by atoms with Crippen molar-refractivity contribution in [2.45, 2.75) is 39.5 Å². The maximum atomic E-state index is 9.35. The third-order valence-electron chi connectivity index (χ3n) is 3.33. The van der Waals surface area contributed by atoms with Crippen molar-refractivity contribution in [3.05, 3.63) is 35.4 Å². The molecule has 0 aromatic heterocycles. The van der Waals surface area contributed by atoms with Crippen molar-refractivity contribution in [1.29, 1.82) is 0 Å². The van der Waals surface area contributed by atoms with Gasteiger partial charge in [-0.05, 0) is 23.0 Å². The van der Waals surface area contributed by atoms with Gasteiger partial charge in [-0.2, -0.15) is 0 Å². The van der Waals surface area contributed by atoms with Gasteiger partial charge in [-0.1, -0.05) is 52.0 Å². The first kappa shape index (κ1) is 14.2. The minimum atomic E-state index is -0.205. The zero-order valence-corrected chi connectivity index (χ0v) is 11.5. The van der Waals surface area contributed by atoms with Crippen LogP contribution in [0.4, 0.5) is 0 Å². The van der Waals surface area contributed by atoms with Gasteiger partial charge in [0.2, 0.25) is 0 Å². The van der Waals surface area contributed by atoms with Gasteiger partial charge in [0.05, 0.1) is 0 Å². The van der Waals surface area contributed by atoms with Crippen molar-refractivity contribution >= 4 is 0 Å². The number of hydrogen-bond acceptors (Lipinski definition) is 2. The molecule has 2 nitrogen and oxygen atoms in total. The quantitative estimate of drug-likeness (QED) is 0.842. The van der Waals surface area contributed by atoms with Crippen LogP contribution in [0, 0.1) is 5.41 Å². The Labute approximate surface area is 105 Å². The predicted octanol–water partition coefficient (Wildman–Crippen LogP) is 2.48. The molecule has 0 spiro atoms. The largest absolute Gasteiger partial charge is 0.396 e. The van der Waals surface area contributed by atoms with Gasteiger partial charge in [-0.15, -0.1) is 0 Å². The minimum absolute atomic E-state index is 0.129. The number of benzene rings is 1. The summed E-state index contributed by atoms with van der Waals surface area (Å²) in [5.41, 5.74) is 8.26. The lowest BCUT2D eigenvalue weighted by Crippen LogP contribution is -2.33. The second-order valence-corrected chi connectivity index (χ2v) is 6.30. The van der Waals surface area contributed by atoms with E-state index < -0.39 is 0 Å². The number of nitrogens with two attached hydrogens (primary N) is 1. The molecular weight excluding hydrogens is 210 g/mol. The van der Waals surface area contributed by atoms with Crippen LogP contribution in [0.15, 0.2) is 24.3 Å². The highest BCUT2D eigenvalue weighted by Crippen LogP contribution is 2.25. The van der Waals surface area contributed by atoms with E-state index >= 15 is 0 Å². The SMILES string of the molecule is CC(CN)(CO)Cc1ccc(C(C)(C)C)cc1. The van der Waals surface area contributed by atoms with Crippen LogP contribution in [0.25, 0.3) is 0 Å². The topological polar surface area (TPSA) is 46.2 Å². The van der Waals surface area contributed by atoms with Crippen LogP contribution >= 0.6 is 0 Å². The van der Waals surface area contributed by atoms with Gasteiger partial charge in [0.1, 0.15) is 0 Å². The molecule has 1 rings (SSSR count). The molecule has 2 heteroatoms. The van der Waals surface area contributed by atoms with Crippen LogP contribution in [0.3, 0.4) is 0 Å². The van der Waals surface area contributed by atoms with Crippen molar-refractivity contribution in [1.82, 2.24) is 0 Å². The molecule has 1 unspecified atom stereocenters. The Bertz CT molecular complexity index is 344. The first-order chi connectivity index (χ1) is 7.80. The Hall–Kier alpha value is -0.860. The number of hydrogen-bond donors (Lipinski definition) is 2. The summed E-state index contributed by atoms with van der Waals surface area (Å²) >= 11 is 0. The lowest BCUT2D eigenvalue weighted by atomic mass is 9.82. The fourth-order valence-electron chi connectivity index (χ4n) is 1.81.